The number of anilines is 1. The summed E-state index contributed by atoms with van der Waals surface area (Å²) in [4.78, 5) is 4.34. The van der Waals surface area contributed by atoms with Gasteiger partial charge in [0.25, 0.3) is 0 Å². The molecule has 0 fully saturated rings. The molecule has 124 valence electrons. The molecule has 0 bridgehead atoms. The Labute approximate surface area is 153 Å². The summed E-state index contributed by atoms with van der Waals surface area (Å²) in [5.41, 5.74) is 8.98. The second kappa shape index (κ2) is 9.24. The van der Waals surface area contributed by atoms with Gasteiger partial charge in [-0.05, 0) is 24.6 Å². The van der Waals surface area contributed by atoms with Crippen LogP contribution < -0.4 is 20.5 Å². The Kier molecular flexibility index (Phi) is 7.67. The van der Waals surface area contributed by atoms with Gasteiger partial charge in [-0.2, -0.15) is 0 Å². The van der Waals surface area contributed by atoms with E-state index in [4.69, 9.17) is 15.2 Å². The van der Waals surface area contributed by atoms with Gasteiger partial charge in [0.15, 0.2) is 5.96 Å². The Morgan fingerprint density at radius 1 is 1.09 bits per heavy atom. The molecule has 3 N–H and O–H groups in total. The van der Waals surface area contributed by atoms with E-state index < -0.39 is 0 Å². The average molecular weight is 427 g/mol. The minimum Gasteiger partial charge on any atom is -0.497 e. The minimum atomic E-state index is 0. The summed E-state index contributed by atoms with van der Waals surface area (Å²) < 4.78 is 10.5. The number of nitrogens with two attached hydrogens (primary N) is 1. The van der Waals surface area contributed by atoms with E-state index in [1.165, 1.54) is 5.56 Å². The number of benzene rings is 2. The van der Waals surface area contributed by atoms with E-state index in [0.29, 0.717) is 23.9 Å². The maximum Gasteiger partial charge on any atom is 0.193 e. The number of nitrogens with zero attached hydrogens (tertiary/aromatic N) is 1. The van der Waals surface area contributed by atoms with Crippen molar-refractivity contribution >= 4 is 35.6 Å². The number of rotatable bonds is 5. The van der Waals surface area contributed by atoms with E-state index in [-0.39, 0.29) is 24.0 Å². The van der Waals surface area contributed by atoms with Gasteiger partial charge in [-0.15, -0.1) is 24.0 Å². The Bertz CT molecular complexity index is 657. The summed E-state index contributed by atoms with van der Waals surface area (Å²) >= 11 is 0. The van der Waals surface area contributed by atoms with Crippen molar-refractivity contribution < 1.29 is 9.47 Å². The fraction of sp³-hybridized carbons (Fsp3) is 0.235. The van der Waals surface area contributed by atoms with Crippen LogP contribution >= 0.6 is 24.0 Å². The third-order valence-electron chi connectivity index (χ3n) is 3.22. The standard InChI is InChI=1S/C17H21N3O2.HI/c1-12-4-6-13(7-5-12)11-19-17(18)20-15-10-14(21-2)8-9-16(15)22-3;/h4-10H,11H2,1-3H3,(H3,18,19,20);1H. The Hall–Kier alpha value is -1.96. The third-order valence-corrected chi connectivity index (χ3v) is 3.22. The molecule has 6 heteroatoms. The number of methoxy groups -OCH3 is 2. The van der Waals surface area contributed by atoms with E-state index >= 15 is 0 Å². The molecule has 0 atom stereocenters. The molecule has 2 aromatic carbocycles. The van der Waals surface area contributed by atoms with Gasteiger partial charge in [0.2, 0.25) is 0 Å². The first-order valence-electron chi connectivity index (χ1n) is 6.97. The van der Waals surface area contributed by atoms with Crippen LogP contribution in [0, 0.1) is 6.92 Å². The second-order valence-electron chi connectivity index (χ2n) is 4.88. The third kappa shape index (κ3) is 5.63. The topological polar surface area (TPSA) is 68.9 Å². The van der Waals surface area contributed by atoms with Crippen molar-refractivity contribution in [3.05, 3.63) is 53.6 Å². The number of aliphatic imine (C=N–C) groups is 1. The first kappa shape index (κ1) is 19.1. The van der Waals surface area contributed by atoms with Crippen LogP contribution in [0.25, 0.3) is 0 Å². The summed E-state index contributed by atoms with van der Waals surface area (Å²) in [6.45, 7) is 2.57. The smallest absolute Gasteiger partial charge is 0.193 e. The van der Waals surface area contributed by atoms with Crippen LogP contribution in [-0.4, -0.2) is 20.2 Å². The van der Waals surface area contributed by atoms with Crippen LogP contribution in [0.2, 0.25) is 0 Å². The molecule has 2 rings (SSSR count). The molecule has 0 aromatic heterocycles. The maximum atomic E-state index is 5.94. The normalized spacial score (nSPS) is 10.7. The van der Waals surface area contributed by atoms with Gasteiger partial charge in [-0.3, -0.25) is 0 Å². The number of guanidine groups is 1. The molecule has 0 aliphatic heterocycles. The van der Waals surface area contributed by atoms with Crippen LogP contribution in [0.1, 0.15) is 11.1 Å². The second-order valence-corrected chi connectivity index (χ2v) is 4.88. The average Bonchev–Trinajstić information content (AvgIpc) is 2.54. The Balaban J connectivity index is 0.00000264. The number of nitrogens with one attached hydrogen (secondary N) is 1. The zero-order chi connectivity index (χ0) is 15.9. The highest BCUT2D eigenvalue weighted by Crippen LogP contribution is 2.28. The molecule has 0 saturated heterocycles. The zero-order valence-corrected chi connectivity index (χ0v) is 15.8. The van der Waals surface area contributed by atoms with E-state index in [0.717, 1.165) is 11.3 Å². The highest BCUT2D eigenvalue weighted by molar-refractivity contribution is 14.0. The van der Waals surface area contributed by atoms with Crippen molar-refractivity contribution in [1.29, 1.82) is 0 Å². The lowest BCUT2D eigenvalue weighted by Gasteiger charge is -2.12. The zero-order valence-electron chi connectivity index (χ0n) is 13.5. The summed E-state index contributed by atoms with van der Waals surface area (Å²) in [6, 6.07) is 13.6. The number of ether oxygens (including phenoxy) is 2. The van der Waals surface area contributed by atoms with Crippen molar-refractivity contribution in [3.8, 4) is 11.5 Å². The highest BCUT2D eigenvalue weighted by atomic mass is 127. The number of aryl methyl sites for hydroxylation is 1. The molecule has 0 heterocycles. The molecule has 0 saturated carbocycles. The van der Waals surface area contributed by atoms with Gasteiger partial charge in [0.05, 0.1) is 26.5 Å². The van der Waals surface area contributed by atoms with Gasteiger partial charge >= 0.3 is 0 Å². The molecule has 0 aliphatic rings. The van der Waals surface area contributed by atoms with Gasteiger partial charge in [0, 0.05) is 6.07 Å². The summed E-state index contributed by atoms with van der Waals surface area (Å²) in [5, 5.41) is 3.04. The van der Waals surface area contributed by atoms with E-state index in [2.05, 4.69) is 29.4 Å². The molecule has 23 heavy (non-hydrogen) atoms. The first-order chi connectivity index (χ1) is 10.6. The van der Waals surface area contributed by atoms with E-state index in [9.17, 15) is 0 Å². The quantitative estimate of drug-likeness (QED) is 0.435. The summed E-state index contributed by atoms with van der Waals surface area (Å²) in [7, 11) is 3.22. The van der Waals surface area contributed by atoms with Crippen LogP contribution in [0.3, 0.4) is 0 Å². The van der Waals surface area contributed by atoms with E-state index in [1.54, 1.807) is 14.2 Å². The van der Waals surface area contributed by atoms with Gasteiger partial charge in [0.1, 0.15) is 11.5 Å². The molecular formula is C17H22IN3O2. The van der Waals surface area contributed by atoms with Crippen LogP contribution in [0.15, 0.2) is 47.5 Å². The first-order valence-corrected chi connectivity index (χ1v) is 6.97. The van der Waals surface area contributed by atoms with Gasteiger partial charge in [-0.1, -0.05) is 29.8 Å². The molecule has 5 nitrogen and oxygen atoms in total. The fourth-order valence-electron chi connectivity index (χ4n) is 1.96. The Morgan fingerprint density at radius 3 is 2.39 bits per heavy atom. The number of halogens is 1. The van der Waals surface area contributed by atoms with E-state index in [1.807, 2.05) is 30.3 Å². The van der Waals surface area contributed by atoms with Gasteiger partial charge in [-0.25, -0.2) is 4.99 Å². The van der Waals surface area contributed by atoms with Crippen LogP contribution in [0.5, 0.6) is 11.5 Å². The van der Waals surface area contributed by atoms with Crippen molar-refractivity contribution in [3.63, 3.8) is 0 Å². The molecule has 2 aromatic rings. The van der Waals surface area contributed by atoms with Crippen LogP contribution in [-0.2, 0) is 6.54 Å². The molecular weight excluding hydrogens is 405 g/mol. The number of hydrogen-bond donors (Lipinski definition) is 2. The van der Waals surface area contributed by atoms with Crippen molar-refractivity contribution in [2.75, 3.05) is 19.5 Å². The van der Waals surface area contributed by atoms with Crippen LogP contribution in [0.4, 0.5) is 5.69 Å². The lowest BCUT2D eigenvalue weighted by molar-refractivity contribution is 0.405. The molecule has 0 spiro atoms. The summed E-state index contributed by atoms with van der Waals surface area (Å²) in [5.74, 6) is 1.72. The summed E-state index contributed by atoms with van der Waals surface area (Å²) in [6.07, 6.45) is 0. The lowest BCUT2D eigenvalue weighted by Crippen LogP contribution is -2.23. The highest BCUT2D eigenvalue weighted by Gasteiger charge is 2.06. The Morgan fingerprint density at radius 2 is 1.78 bits per heavy atom. The monoisotopic (exact) mass is 427 g/mol. The van der Waals surface area contributed by atoms with Crippen molar-refractivity contribution in [1.82, 2.24) is 0 Å². The predicted octanol–water partition coefficient (Wildman–Crippen LogP) is 3.56. The van der Waals surface area contributed by atoms with Crippen molar-refractivity contribution in [2.45, 2.75) is 13.5 Å². The molecule has 0 unspecified atom stereocenters. The predicted molar refractivity (Wildman–Crippen MR) is 105 cm³/mol. The lowest BCUT2D eigenvalue weighted by atomic mass is 10.1. The molecule has 0 radical (unpaired) electrons. The van der Waals surface area contributed by atoms with Gasteiger partial charge < -0.3 is 20.5 Å². The molecule has 0 amide bonds. The van der Waals surface area contributed by atoms with Crippen molar-refractivity contribution in [2.24, 2.45) is 10.7 Å². The SMILES string of the molecule is COc1ccc(OC)c(NC(N)=NCc2ccc(C)cc2)c1.I. The largest absolute Gasteiger partial charge is 0.497 e. The number of hydrogen-bond acceptors (Lipinski definition) is 3. The maximum absolute atomic E-state index is 5.94. The molecule has 0 aliphatic carbocycles. The fourth-order valence-corrected chi connectivity index (χ4v) is 1.96. The minimum absolute atomic E-state index is 0.